The van der Waals surface area contributed by atoms with Crippen LogP contribution in [0.3, 0.4) is 0 Å². The fourth-order valence-corrected chi connectivity index (χ4v) is 5.01. The SMILES string of the molecule is CC(C)CCNC(=O)c1ccccc1N1C(=O)[C@@H]2Cc3c([nH]c4ccccc34)[C@H](C)N2C1=O. The normalized spacial score (nSPS) is 19.9. The van der Waals surface area contributed by atoms with Gasteiger partial charge in [0.05, 0.1) is 17.3 Å². The van der Waals surface area contributed by atoms with Gasteiger partial charge in [-0.25, -0.2) is 9.69 Å². The Hall–Kier alpha value is -3.61. The summed E-state index contributed by atoms with van der Waals surface area (Å²) in [7, 11) is 0. The van der Waals surface area contributed by atoms with Gasteiger partial charge in [0.1, 0.15) is 6.04 Å². The molecule has 4 amide bonds. The van der Waals surface area contributed by atoms with Crippen LogP contribution in [-0.2, 0) is 11.2 Å². The Balaban J connectivity index is 1.48. The number of fused-ring (bicyclic) bond motifs is 4. The molecular weight excluding hydrogens is 416 g/mol. The van der Waals surface area contributed by atoms with Crippen LogP contribution in [0.4, 0.5) is 10.5 Å². The number of nitrogens with zero attached hydrogens (tertiary/aromatic N) is 2. The van der Waals surface area contributed by atoms with Crippen LogP contribution in [0, 0.1) is 5.92 Å². The summed E-state index contributed by atoms with van der Waals surface area (Å²) in [5.74, 6) is -0.0981. The van der Waals surface area contributed by atoms with Crippen LogP contribution in [0.2, 0.25) is 0 Å². The lowest BCUT2D eigenvalue weighted by molar-refractivity contribution is -0.120. The van der Waals surface area contributed by atoms with Gasteiger partial charge in [0, 0.05) is 29.6 Å². The Bertz CT molecular complexity index is 1260. The van der Waals surface area contributed by atoms with Gasteiger partial charge in [0.15, 0.2) is 0 Å². The van der Waals surface area contributed by atoms with Gasteiger partial charge in [-0.3, -0.25) is 9.59 Å². The van der Waals surface area contributed by atoms with Gasteiger partial charge in [0.25, 0.3) is 11.8 Å². The zero-order chi connectivity index (χ0) is 23.3. The average molecular weight is 445 g/mol. The molecule has 2 aliphatic heterocycles. The van der Waals surface area contributed by atoms with E-state index < -0.39 is 6.04 Å². The Morgan fingerprint density at radius 2 is 1.85 bits per heavy atom. The molecule has 3 aromatic rings. The van der Waals surface area contributed by atoms with Crippen molar-refractivity contribution in [2.75, 3.05) is 11.4 Å². The molecule has 0 unspecified atom stereocenters. The fourth-order valence-electron chi connectivity index (χ4n) is 5.01. The molecule has 33 heavy (non-hydrogen) atoms. The lowest BCUT2D eigenvalue weighted by Crippen LogP contribution is -2.42. The van der Waals surface area contributed by atoms with Gasteiger partial charge in [-0.05, 0) is 43.0 Å². The number of aromatic amines is 1. The number of hydrogen-bond acceptors (Lipinski definition) is 3. The van der Waals surface area contributed by atoms with Gasteiger partial charge < -0.3 is 15.2 Å². The molecule has 5 rings (SSSR count). The number of anilines is 1. The lowest BCUT2D eigenvalue weighted by atomic mass is 9.93. The van der Waals surface area contributed by atoms with Gasteiger partial charge in [-0.1, -0.05) is 44.2 Å². The first-order valence-corrected chi connectivity index (χ1v) is 11.5. The number of benzene rings is 2. The molecule has 1 aromatic heterocycles. The highest BCUT2D eigenvalue weighted by molar-refractivity contribution is 6.24. The molecule has 0 spiro atoms. The summed E-state index contributed by atoms with van der Waals surface area (Å²) in [6.45, 7) is 6.68. The summed E-state index contributed by atoms with van der Waals surface area (Å²) in [4.78, 5) is 46.3. The first-order chi connectivity index (χ1) is 15.9. The van der Waals surface area contributed by atoms with Crippen LogP contribution in [-0.4, -0.2) is 40.3 Å². The molecule has 2 atom stereocenters. The van der Waals surface area contributed by atoms with Crippen molar-refractivity contribution in [1.29, 1.82) is 0 Å². The Morgan fingerprint density at radius 3 is 2.64 bits per heavy atom. The molecule has 0 aliphatic carbocycles. The van der Waals surface area contributed by atoms with Crippen LogP contribution >= 0.6 is 0 Å². The van der Waals surface area contributed by atoms with Crippen LogP contribution in [0.5, 0.6) is 0 Å². The zero-order valence-electron chi connectivity index (χ0n) is 19.1. The molecule has 1 saturated heterocycles. The number of hydrogen-bond donors (Lipinski definition) is 2. The second kappa shape index (κ2) is 8.06. The van der Waals surface area contributed by atoms with Crippen LogP contribution in [0.25, 0.3) is 10.9 Å². The number of imide groups is 1. The van der Waals surface area contributed by atoms with Crippen molar-refractivity contribution in [1.82, 2.24) is 15.2 Å². The van der Waals surface area contributed by atoms with Crippen LogP contribution < -0.4 is 10.2 Å². The molecule has 7 heteroatoms. The van der Waals surface area contributed by atoms with Crippen molar-refractivity contribution in [2.45, 2.75) is 45.7 Å². The molecule has 0 bridgehead atoms. The minimum Gasteiger partial charge on any atom is -0.356 e. The Kier molecular flexibility index (Phi) is 5.19. The molecule has 2 aromatic carbocycles. The van der Waals surface area contributed by atoms with Crippen molar-refractivity contribution in [3.63, 3.8) is 0 Å². The first-order valence-electron chi connectivity index (χ1n) is 11.5. The summed E-state index contributed by atoms with van der Waals surface area (Å²) in [6.07, 6.45) is 1.31. The zero-order valence-corrected chi connectivity index (χ0v) is 19.1. The first kappa shape index (κ1) is 21.2. The number of carbonyl (C=O) groups excluding carboxylic acids is 3. The molecule has 3 heterocycles. The van der Waals surface area contributed by atoms with E-state index in [0.717, 1.165) is 28.6 Å². The number of para-hydroxylation sites is 2. The fraction of sp³-hybridized carbons (Fsp3) is 0.346. The minimum atomic E-state index is -0.587. The average Bonchev–Trinajstić information content (AvgIpc) is 3.29. The number of carbonyl (C=O) groups is 3. The predicted octanol–water partition coefficient (Wildman–Crippen LogP) is 4.40. The van der Waals surface area contributed by atoms with Crippen molar-refractivity contribution in [3.8, 4) is 0 Å². The molecule has 0 radical (unpaired) electrons. The number of rotatable bonds is 5. The van der Waals surface area contributed by atoms with E-state index in [1.54, 1.807) is 29.2 Å². The topological polar surface area (TPSA) is 85.5 Å². The van der Waals surface area contributed by atoms with E-state index in [1.807, 2.05) is 31.2 Å². The number of urea groups is 1. The molecule has 7 nitrogen and oxygen atoms in total. The van der Waals surface area contributed by atoms with Gasteiger partial charge in [-0.2, -0.15) is 0 Å². The standard InChI is InChI=1S/C26H28N4O3/c1-15(2)12-13-27-24(31)18-9-5-7-11-21(18)30-25(32)22-14-19-17-8-4-6-10-20(17)28-23(19)16(3)29(22)26(30)33/h4-11,15-16,22,28H,12-14H2,1-3H3,(H,27,31)/t16-,22-/m0/s1. The summed E-state index contributed by atoms with van der Waals surface area (Å²) < 4.78 is 0. The largest absolute Gasteiger partial charge is 0.356 e. The number of aromatic nitrogens is 1. The predicted molar refractivity (Wildman–Crippen MR) is 127 cm³/mol. The van der Waals surface area contributed by atoms with E-state index in [2.05, 4.69) is 24.1 Å². The lowest BCUT2D eigenvalue weighted by Gasteiger charge is -2.33. The van der Waals surface area contributed by atoms with Crippen molar-refractivity contribution in [3.05, 3.63) is 65.4 Å². The highest BCUT2D eigenvalue weighted by Gasteiger charge is 2.52. The smallest absolute Gasteiger partial charge is 0.332 e. The maximum atomic E-state index is 13.6. The third-order valence-electron chi connectivity index (χ3n) is 6.73. The number of amides is 4. The Morgan fingerprint density at radius 1 is 1.12 bits per heavy atom. The molecule has 1 fully saturated rings. The minimum absolute atomic E-state index is 0.277. The van der Waals surface area contributed by atoms with Crippen molar-refractivity contribution < 1.29 is 14.4 Å². The summed E-state index contributed by atoms with van der Waals surface area (Å²) in [5, 5.41) is 4.00. The molecule has 2 aliphatic rings. The maximum Gasteiger partial charge on any atom is 0.332 e. The van der Waals surface area contributed by atoms with Gasteiger partial charge >= 0.3 is 6.03 Å². The third-order valence-corrected chi connectivity index (χ3v) is 6.73. The molecule has 0 saturated carbocycles. The van der Waals surface area contributed by atoms with Crippen LogP contribution in [0.15, 0.2) is 48.5 Å². The van der Waals surface area contributed by atoms with E-state index in [9.17, 15) is 14.4 Å². The van der Waals surface area contributed by atoms with E-state index in [0.29, 0.717) is 30.1 Å². The second-order valence-corrected chi connectivity index (χ2v) is 9.28. The summed E-state index contributed by atoms with van der Waals surface area (Å²) >= 11 is 0. The van der Waals surface area contributed by atoms with Gasteiger partial charge in [-0.15, -0.1) is 0 Å². The Labute approximate surface area is 192 Å². The van der Waals surface area contributed by atoms with Gasteiger partial charge in [0.2, 0.25) is 0 Å². The van der Waals surface area contributed by atoms with E-state index in [1.165, 1.54) is 4.90 Å². The molecule has 2 N–H and O–H groups in total. The second-order valence-electron chi connectivity index (χ2n) is 9.28. The number of H-pyrrole nitrogens is 1. The maximum absolute atomic E-state index is 13.6. The quantitative estimate of drug-likeness (QED) is 0.572. The van der Waals surface area contributed by atoms with E-state index >= 15 is 0 Å². The van der Waals surface area contributed by atoms with Crippen molar-refractivity contribution >= 4 is 34.4 Å². The van der Waals surface area contributed by atoms with Crippen molar-refractivity contribution in [2.24, 2.45) is 5.92 Å². The molecular formula is C26H28N4O3. The highest BCUT2D eigenvalue weighted by Crippen LogP contribution is 2.42. The van der Waals surface area contributed by atoms with Crippen LogP contribution in [0.1, 0.15) is 54.8 Å². The monoisotopic (exact) mass is 444 g/mol. The number of nitrogens with one attached hydrogen (secondary N) is 2. The third kappa shape index (κ3) is 3.39. The van der Waals surface area contributed by atoms with E-state index in [-0.39, 0.29) is 23.9 Å². The van der Waals surface area contributed by atoms with E-state index in [4.69, 9.17) is 0 Å². The highest BCUT2D eigenvalue weighted by atomic mass is 16.2. The summed E-state index contributed by atoms with van der Waals surface area (Å²) in [5.41, 5.74) is 3.73. The summed E-state index contributed by atoms with van der Waals surface area (Å²) in [6, 6.07) is 13.6. The molecule has 170 valence electrons.